The van der Waals surface area contributed by atoms with Crippen LogP contribution in [-0.4, -0.2) is 28.8 Å². The van der Waals surface area contributed by atoms with E-state index in [1.165, 1.54) is 28.1 Å². The van der Waals surface area contributed by atoms with Crippen LogP contribution in [0.2, 0.25) is 0 Å². The Morgan fingerprint density at radius 2 is 2.37 bits per heavy atom. The molecule has 6 nitrogen and oxygen atoms in total. The number of aliphatic hydroxyl groups excluding tert-OH is 1. The summed E-state index contributed by atoms with van der Waals surface area (Å²) >= 11 is 1.66. The van der Waals surface area contributed by atoms with Gasteiger partial charge in [-0.05, 0) is 31.2 Å². The molecule has 0 unspecified atom stereocenters. The number of rotatable bonds is 2. The first kappa shape index (κ1) is 12.6. The molecule has 0 aromatic carbocycles. The molecule has 1 aliphatic carbocycles. The summed E-state index contributed by atoms with van der Waals surface area (Å²) in [7, 11) is 0. The molecule has 2 heterocycles. The van der Waals surface area contributed by atoms with Crippen LogP contribution < -0.4 is 11.3 Å². The molecule has 7 heteroatoms. The van der Waals surface area contributed by atoms with Crippen LogP contribution >= 0.6 is 11.3 Å². The molecule has 0 spiro atoms. The van der Waals surface area contributed by atoms with Gasteiger partial charge in [0.25, 0.3) is 5.91 Å². The Hall–Kier alpha value is -1.44. The van der Waals surface area contributed by atoms with Crippen molar-refractivity contribution in [1.82, 2.24) is 10.3 Å². The van der Waals surface area contributed by atoms with Crippen LogP contribution in [0.25, 0.3) is 0 Å². The summed E-state index contributed by atoms with van der Waals surface area (Å²) in [5.41, 5.74) is 4.17. The minimum Gasteiger partial charge on any atom is -0.369 e. The summed E-state index contributed by atoms with van der Waals surface area (Å²) < 4.78 is 0. The molecule has 0 bridgehead atoms. The third kappa shape index (κ3) is 2.13. The van der Waals surface area contributed by atoms with Gasteiger partial charge in [0.2, 0.25) is 0 Å². The van der Waals surface area contributed by atoms with Gasteiger partial charge in [-0.1, -0.05) is 0 Å². The average Bonchev–Trinajstić information content (AvgIpc) is 2.81. The first-order valence-corrected chi connectivity index (χ1v) is 7.14. The fourth-order valence-corrected chi connectivity index (χ4v) is 3.89. The first-order chi connectivity index (χ1) is 9.20. The van der Waals surface area contributed by atoms with Crippen LogP contribution in [0.4, 0.5) is 5.00 Å². The highest BCUT2D eigenvalue weighted by molar-refractivity contribution is 7.16. The smallest absolute Gasteiger partial charge is 0.253 e. The van der Waals surface area contributed by atoms with Crippen molar-refractivity contribution in [2.45, 2.75) is 31.9 Å². The van der Waals surface area contributed by atoms with E-state index >= 15 is 0 Å². The fraction of sp³-hybridized carbons (Fsp3) is 0.500. The third-order valence-electron chi connectivity index (χ3n) is 3.58. The van der Waals surface area contributed by atoms with Gasteiger partial charge < -0.3 is 10.0 Å². The molecular formula is C12H16N4O2S. The number of fused-ring (bicyclic) bond motifs is 3. The normalized spacial score (nSPS) is 20.9. The number of amides is 1. The highest BCUT2D eigenvalue weighted by atomic mass is 32.1. The number of carbonyl (C=O) groups excluding carboxylic acids is 1. The quantitative estimate of drug-likeness (QED) is 0.420. The van der Waals surface area contributed by atoms with Crippen LogP contribution in [0.5, 0.6) is 0 Å². The number of carbonyl (C=O) groups is 1. The molecule has 1 amide bonds. The minimum absolute atomic E-state index is 0.00519. The number of thiophene rings is 1. The zero-order valence-electron chi connectivity index (χ0n) is 10.4. The van der Waals surface area contributed by atoms with E-state index in [2.05, 4.69) is 10.4 Å². The molecule has 1 aromatic rings. The lowest BCUT2D eigenvalue weighted by Gasteiger charge is -2.29. The topological polar surface area (TPSA) is 91.0 Å². The van der Waals surface area contributed by atoms with Gasteiger partial charge in [-0.2, -0.15) is 0 Å². The monoisotopic (exact) mass is 280 g/mol. The Morgan fingerprint density at radius 3 is 3.16 bits per heavy atom. The van der Waals surface area contributed by atoms with E-state index in [0.29, 0.717) is 0 Å². The van der Waals surface area contributed by atoms with Crippen molar-refractivity contribution in [2.75, 3.05) is 6.54 Å². The van der Waals surface area contributed by atoms with E-state index < -0.39 is 6.23 Å². The number of nitrogens with zero attached hydrogens (tertiary/aromatic N) is 2. The lowest BCUT2D eigenvalue weighted by Crippen LogP contribution is -2.42. The van der Waals surface area contributed by atoms with Crippen LogP contribution in [0.3, 0.4) is 0 Å². The number of hydrogen-bond donors (Lipinski definition) is 3. The van der Waals surface area contributed by atoms with Gasteiger partial charge in [0, 0.05) is 10.4 Å². The standard InChI is InChI=1S/C12H16N4O2S/c13-15-9(17)5-16-6-14-11-10(12(16)18)7-3-1-2-4-8(7)19-11/h6,12,18H,1-5,13H2,(H,15,17)/t12-/m0/s1. The largest absolute Gasteiger partial charge is 0.369 e. The van der Waals surface area contributed by atoms with Crippen molar-refractivity contribution in [2.24, 2.45) is 10.8 Å². The molecule has 3 rings (SSSR count). The van der Waals surface area contributed by atoms with Crippen molar-refractivity contribution < 1.29 is 9.90 Å². The number of aliphatic hydroxyl groups is 1. The van der Waals surface area contributed by atoms with E-state index in [4.69, 9.17) is 5.84 Å². The third-order valence-corrected chi connectivity index (χ3v) is 4.79. The minimum atomic E-state index is -0.803. The summed E-state index contributed by atoms with van der Waals surface area (Å²) in [4.78, 5) is 18.5. The first-order valence-electron chi connectivity index (χ1n) is 6.32. The SMILES string of the molecule is NNC(=O)CN1C=Nc2sc3c(c2[C@@H]1O)CCCC3. The van der Waals surface area contributed by atoms with Crippen LogP contribution in [-0.2, 0) is 17.6 Å². The molecule has 102 valence electrons. The number of hydrogen-bond acceptors (Lipinski definition) is 6. The fourth-order valence-electron chi connectivity index (χ4n) is 2.63. The van der Waals surface area contributed by atoms with E-state index in [1.807, 2.05) is 0 Å². The molecular weight excluding hydrogens is 264 g/mol. The summed E-state index contributed by atoms with van der Waals surface area (Å²) in [6.07, 6.45) is 5.12. The summed E-state index contributed by atoms with van der Waals surface area (Å²) in [6.45, 7) is 0.00519. The lowest BCUT2D eigenvalue weighted by atomic mass is 9.94. The number of aliphatic imine (C=N–C) groups is 1. The average molecular weight is 280 g/mol. The van der Waals surface area contributed by atoms with Crippen molar-refractivity contribution in [3.8, 4) is 0 Å². The van der Waals surface area contributed by atoms with Gasteiger partial charge in [-0.15, -0.1) is 11.3 Å². The maximum atomic E-state index is 11.3. The maximum absolute atomic E-state index is 11.3. The van der Waals surface area contributed by atoms with Gasteiger partial charge in [0.1, 0.15) is 11.5 Å². The number of nitrogens with one attached hydrogen (secondary N) is 1. The predicted molar refractivity (Wildman–Crippen MR) is 73.1 cm³/mol. The zero-order chi connectivity index (χ0) is 13.4. The lowest BCUT2D eigenvalue weighted by molar-refractivity contribution is -0.123. The van der Waals surface area contributed by atoms with Gasteiger partial charge in [0.05, 0.1) is 6.34 Å². The molecule has 2 aliphatic rings. The van der Waals surface area contributed by atoms with Crippen molar-refractivity contribution >= 4 is 28.6 Å². The van der Waals surface area contributed by atoms with E-state index in [0.717, 1.165) is 29.8 Å². The molecule has 0 saturated heterocycles. The molecule has 1 aliphatic heterocycles. The molecule has 0 radical (unpaired) electrons. The second-order valence-corrected chi connectivity index (χ2v) is 5.87. The van der Waals surface area contributed by atoms with Gasteiger partial charge in [0.15, 0.2) is 6.23 Å². The molecule has 4 N–H and O–H groups in total. The maximum Gasteiger partial charge on any atom is 0.253 e. The van der Waals surface area contributed by atoms with Gasteiger partial charge >= 0.3 is 0 Å². The van der Waals surface area contributed by atoms with Gasteiger partial charge in [-0.25, -0.2) is 10.8 Å². The second-order valence-electron chi connectivity index (χ2n) is 4.79. The zero-order valence-corrected chi connectivity index (χ0v) is 11.2. The Balaban J connectivity index is 1.91. The Morgan fingerprint density at radius 1 is 1.58 bits per heavy atom. The van der Waals surface area contributed by atoms with Crippen molar-refractivity contribution in [3.05, 3.63) is 16.0 Å². The summed E-state index contributed by atoms with van der Waals surface area (Å²) in [6, 6.07) is 0. The Labute approximate surface area is 114 Å². The molecule has 0 fully saturated rings. The van der Waals surface area contributed by atoms with E-state index in [1.54, 1.807) is 11.3 Å². The molecule has 1 aromatic heterocycles. The second kappa shape index (κ2) is 4.92. The highest BCUT2D eigenvalue weighted by Crippen LogP contribution is 2.45. The number of aryl methyl sites for hydroxylation is 1. The predicted octanol–water partition coefficient (Wildman–Crippen LogP) is 0.583. The molecule has 1 atom stereocenters. The highest BCUT2D eigenvalue weighted by Gasteiger charge is 2.31. The van der Waals surface area contributed by atoms with Crippen molar-refractivity contribution in [1.29, 1.82) is 0 Å². The van der Waals surface area contributed by atoms with E-state index in [9.17, 15) is 9.90 Å². The summed E-state index contributed by atoms with van der Waals surface area (Å²) in [5.74, 6) is 4.72. The molecule has 19 heavy (non-hydrogen) atoms. The van der Waals surface area contributed by atoms with Crippen LogP contribution in [0.15, 0.2) is 4.99 Å². The summed E-state index contributed by atoms with van der Waals surface area (Å²) in [5, 5.41) is 11.3. The molecule has 0 saturated carbocycles. The van der Waals surface area contributed by atoms with Crippen LogP contribution in [0.1, 0.15) is 35.1 Å². The van der Waals surface area contributed by atoms with E-state index in [-0.39, 0.29) is 12.5 Å². The Bertz CT molecular complexity index is 540. The van der Waals surface area contributed by atoms with Crippen LogP contribution in [0, 0.1) is 0 Å². The number of hydrazine groups is 1. The number of nitrogens with two attached hydrogens (primary N) is 1. The Kier molecular flexibility index (Phi) is 3.26. The van der Waals surface area contributed by atoms with Gasteiger partial charge in [-0.3, -0.25) is 10.2 Å². The van der Waals surface area contributed by atoms with Crippen molar-refractivity contribution in [3.63, 3.8) is 0 Å².